The zero-order valence-electron chi connectivity index (χ0n) is 33.0. The lowest BCUT2D eigenvalue weighted by Crippen LogP contribution is -3.00. The minimum Gasteiger partial charge on any atom is -1.00 e. The summed E-state index contributed by atoms with van der Waals surface area (Å²) in [4.78, 5) is 26.5. The summed E-state index contributed by atoms with van der Waals surface area (Å²) in [5, 5.41) is 21.7. The topological polar surface area (TPSA) is 112 Å². The summed E-state index contributed by atoms with van der Waals surface area (Å²) >= 11 is 0. The van der Waals surface area contributed by atoms with Gasteiger partial charge in [-0.3, -0.25) is 9.59 Å². The Balaban J connectivity index is 0.00000325. The fourth-order valence-corrected chi connectivity index (χ4v) is 11.3. The summed E-state index contributed by atoms with van der Waals surface area (Å²) < 4.78 is 25.3. The van der Waals surface area contributed by atoms with Gasteiger partial charge in [-0.1, -0.05) is 0 Å². The number of ether oxygens (including phenoxy) is 4. The maximum atomic E-state index is 13.8. The van der Waals surface area contributed by atoms with Crippen molar-refractivity contribution in [2.45, 2.75) is 123 Å². The number of aliphatic carboxylic acids is 2. The quantitative estimate of drug-likeness (QED) is 0.229. The molecule has 4 aliphatic heterocycles. The van der Waals surface area contributed by atoms with Crippen LogP contribution in [0.2, 0.25) is 0 Å². The number of piperidine rings is 2. The molecule has 0 spiro atoms. The van der Waals surface area contributed by atoms with Crippen molar-refractivity contribution in [2.75, 3.05) is 40.5 Å². The molecule has 0 aromatic heterocycles. The van der Waals surface area contributed by atoms with Gasteiger partial charge < -0.3 is 72.1 Å². The van der Waals surface area contributed by atoms with Crippen molar-refractivity contribution >= 4 is 11.9 Å². The largest absolute Gasteiger partial charge is 1.00 e. The van der Waals surface area contributed by atoms with Gasteiger partial charge in [0.15, 0.2) is 23.0 Å². The Morgan fingerprint density at radius 1 is 0.611 bits per heavy atom. The summed E-state index contributed by atoms with van der Waals surface area (Å²) in [7, 11) is 4.66. The van der Waals surface area contributed by atoms with Crippen LogP contribution in [-0.4, -0.2) is 95.8 Å². The third kappa shape index (κ3) is 8.28. The standard InChI is InChI=1S/C42H60N2O8.2BrH/c1-7-49-36-17-11-28(19-38(36)51-9-3)26-43(5)32-13-14-33(43)22-30(21-32)42(41(47)48,25-40(45)46)31-23-34-15-16-35(24-31)44(34,6)27-29-12-18-37(50-8-2)39(20-29)52-10-4;;/h11-12,17-20,30-35H,7-10,13-16,21-27H2,1-6H3;2*1H/t30?,31?,32-,33+,34-,35+,42?,43?,44?;;. The van der Waals surface area contributed by atoms with Crippen LogP contribution >= 0.6 is 0 Å². The predicted octanol–water partition coefficient (Wildman–Crippen LogP) is 1.31. The molecule has 4 saturated heterocycles. The SMILES string of the molecule is CCOc1ccc(C[N+]2(C)[C@@H]3CC[C@H]2CC(C(CC(=O)O)(C(=O)O)C2C[C@H]4CC[C@@H](C2)[N+]4(C)Cc2ccc(OCC)c(OCC)c2)C3)cc1OCC.[Br-].[Br-]. The summed E-state index contributed by atoms with van der Waals surface area (Å²) in [6.07, 6.45) is 6.80. The van der Waals surface area contributed by atoms with E-state index < -0.39 is 17.4 Å². The number of fused-ring (bicyclic) bond motifs is 4. The zero-order chi connectivity index (χ0) is 37.3. The van der Waals surface area contributed by atoms with E-state index in [1.807, 2.05) is 39.8 Å². The molecule has 2 aromatic rings. The summed E-state index contributed by atoms with van der Waals surface area (Å²) in [6.45, 7) is 11.8. The van der Waals surface area contributed by atoms with Gasteiger partial charge in [-0.2, -0.15) is 0 Å². The van der Waals surface area contributed by atoms with E-state index in [0.29, 0.717) is 26.4 Å². The maximum absolute atomic E-state index is 13.8. The number of carboxylic acid groups (broad SMARTS) is 2. The first-order valence-electron chi connectivity index (χ1n) is 19.8. The molecule has 4 aliphatic rings. The first-order chi connectivity index (χ1) is 24.9. The first-order valence-corrected chi connectivity index (χ1v) is 19.8. The molecule has 0 saturated carbocycles. The maximum Gasteiger partial charge on any atom is 0.310 e. The van der Waals surface area contributed by atoms with Crippen molar-refractivity contribution in [1.82, 2.24) is 0 Å². The average Bonchev–Trinajstić information content (AvgIpc) is 3.33. The van der Waals surface area contributed by atoms with Crippen LogP contribution < -0.4 is 52.9 Å². The number of hydrogen-bond donors (Lipinski definition) is 2. The molecule has 2 aromatic carbocycles. The van der Waals surface area contributed by atoms with Crippen LogP contribution in [0.25, 0.3) is 0 Å². The highest BCUT2D eigenvalue weighted by molar-refractivity contribution is 5.82. The smallest absolute Gasteiger partial charge is 0.310 e. The fourth-order valence-electron chi connectivity index (χ4n) is 11.3. The van der Waals surface area contributed by atoms with Crippen LogP contribution in [0, 0.1) is 17.3 Å². The number of halogens is 2. The van der Waals surface area contributed by atoms with E-state index in [1.165, 1.54) is 11.1 Å². The van der Waals surface area contributed by atoms with Crippen LogP contribution in [0.5, 0.6) is 23.0 Å². The van der Waals surface area contributed by atoms with Gasteiger partial charge in [0.2, 0.25) is 0 Å². The van der Waals surface area contributed by atoms with E-state index in [-0.39, 0.29) is 76.4 Å². The molecule has 12 heteroatoms. The highest BCUT2D eigenvalue weighted by atomic mass is 79.9. The zero-order valence-corrected chi connectivity index (χ0v) is 36.2. The van der Waals surface area contributed by atoms with Crippen molar-refractivity contribution in [3.8, 4) is 23.0 Å². The highest BCUT2D eigenvalue weighted by Crippen LogP contribution is 2.59. The Hall–Kier alpha value is -2.54. The van der Waals surface area contributed by atoms with E-state index in [1.54, 1.807) is 0 Å². The number of carbonyl (C=O) groups is 2. The van der Waals surface area contributed by atoms with E-state index in [4.69, 9.17) is 18.9 Å². The predicted molar refractivity (Wildman–Crippen MR) is 199 cm³/mol. The van der Waals surface area contributed by atoms with Gasteiger partial charge in [0.25, 0.3) is 0 Å². The van der Waals surface area contributed by atoms with Gasteiger partial charge >= 0.3 is 11.9 Å². The van der Waals surface area contributed by atoms with Crippen LogP contribution in [0.1, 0.15) is 96.6 Å². The molecule has 0 radical (unpaired) electrons. The monoisotopic (exact) mass is 880 g/mol. The number of benzene rings is 2. The van der Waals surface area contributed by atoms with Crippen LogP contribution in [-0.2, 0) is 22.7 Å². The first kappa shape index (κ1) is 44.2. The lowest BCUT2D eigenvalue weighted by molar-refractivity contribution is -0.963. The molecule has 54 heavy (non-hydrogen) atoms. The van der Waals surface area contributed by atoms with Crippen LogP contribution in [0.4, 0.5) is 0 Å². The van der Waals surface area contributed by atoms with Gasteiger partial charge in [0.05, 0.1) is 76.5 Å². The number of hydrogen-bond acceptors (Lipinski definition) is 6. The molecule has 302 valence electrons. The van der Waals surface area contributed by atoms with Gasteiger partial charge in [0, 0.05) is 62.5 Å². The van der Waals surface area contributed by atoms with E-state index in [2.05, 4.69) is 38.4 Å². The Labute approximate surface area is 343 Å². The van der Waals surface area contributed by atoms with E-state index in [0.717, 1.165) is 96.4 Å². The fraction of sp³-hybridized carbons (Fsp3) is 0.667. The molecule has 6 rings (SSSR count). The number of carboxylic acids is 2. The second-order valence-corrected chi connectivity index (χ2v) is 16.3. The molecule has 0 aliphatic carbocycles. The van der Waals surface area contributed by atoms with Crippen LogP contribution in [0.15, 0.2) is 36.4 Å². The minimum atomic E-state index is -1.29. The van der Waals surface area contributed by atoms with Gasteiger partial charge in [-0.05, 0) is 75.9 Å². The molecular weight excluding hydrogens is 820 g/mol. The molecular formula is C42H62Br2N2O8. The number of rotatable bonds is 17. The lowest BCUT2D eigenvalue weighted by atomic mass is 9.57. The van der Waals surface area contributed by atoms with Crippen molar-refractivity contribution < 1.29 is 81.7 Å². The third-order valence-corrected chi connectivity index (χ3v) is 13.8. The molecule has 4 fully saturated rings. The molecule has 4 heterocycles. The molecule has 4 unspecified atom stereocenters. The molecule has 8 atom stereocenters. The summed E-state index contributed by atoms with van der Waals surface area (Å²) in [6, 6.07) is 13.6. The normalized spacial score (nSPS) is 30.6. The highest BCUT2D eigenvalue weighted by Gasteiger charge is 2.64. The molecule has 4 bridgehead atoms. The van der Waals surface area contributed by atoms with Crippen molar-refractivity contribution in [2.24, 2.45) is 17.3 Å². The van der Waals surface area contributed by atoms with Crippen molar-refractivity contribution in [3.63, 3.8) is 0 Å². The number of quaternary nitrogens is 2. The number of nitrogens with zero attached hydrogens (tertiary/aromatic N) is 2. The Bertz CT molecular complexity index is 1480. The summed E-state index contributed by atoms with van der Waals surface area (Å²) in [5.74, 6) is 0.773. The van der Waals surface area contributed by atoms with Crippen molar-refractivity contribution in [1.29, 1.82) is 0 Å². The van der Waals surface area contributed by atoms with Gasteiger partial charge in [0.1, 0.15) is 13.1 Å². The van der Waals surface area contributed by atoms with E-state index >= 15 is 0 Å². The van der Waals surface area contributed by atoms with Gasteiger partial charge in [-0.15, -0.1) is 0 Å². The Morgan fingerprint density at radius 2 is 0.944 bits per heavy atom. The van der Waals surface area contributed by atoms with Crippen LogP contribution in [0.3, 0.4) is 0 Å². The molecule has 2 N–H and O–H groups in total. The second-order valence-electron chi connectivity index (χ2n) is 16.3. The van der Waals surface area contributed by atoms with E-state index in [9.17, 15) is 19.8 Å². The Kier molecular flexibility index (Phi) is 14.9. The third-order valence-electron chi connectivity index (χ3n) is 13.8. The average molecular weight is 883 g/mol. The lowest BCUT2D eigenvalue weighted by Gasteiger charge is -2.55. The summed E-state index contributed by atoms with van der Waals surface area (Å²) in [5.41, 5.74) is 1.08. The second kappa shape index (κ2) is 18.2. The van der Waals surface area contributed by atoms with Gasteiger partial charge in [-0.25, -0.2) is 0 Å². The minimum absolute atomic E-state index is 0. The van der Waals surface area contributed by atoms with Crippen molar-refractivity contribution in [3.05, 3.63) is 47.5 Å². The molecule has 0 amide bonds. The molecule has 10 nitrogen and oxygen atoms in total. The Morgan fingerprint density at radius 3 is 1.24 bits per heavy atom.